The van der Waals surface area contributed by atoms with E-state index in [9.17, 15) is 10.2 Å². The Labute approximate surface area is 102 Å². The minimum absolute atomic E-state index is 0.307. The Balaban J connectivity index is 1.95. The van der Waals surface area contributed by atoms with E-state index in [0.717, 1.165) is 32.1 Å². The lowest BCUT2D eigenvalue weighted by molar-refractivity contribution is -0.160. The standard InChI is InChI=1S/C14H22O3/c1-2-3-10-8-13(16)6-7-17-14(13)9-11(15)4-5-12(10)14/h2,10-12,15-16H,1,3-9H2/t10-,11-,12-,13-,14-/m1/s1. The lowest BCUT2D eigenvalue weighted by atomic mass is 9.69. The summed E-state index contributed by atoms with van der Waals surface area (Å²) >= 11 is 0. The van der Waals surface area contributed by atoms with Crippen LogP contribution in [0.15, 0.2) is 12.7 Å². The third kappa shape index (κ3) is 1.46. The van der Waals surface area contributed by atoms with Gasteiger partial charge in [0.05, 0.1) is 18.3 Å². The van der Waals surface area contributed by atoms with Crippen molar-refractivity contribution in [3.05, 3.63) is 12.7 Å². The molecule has 3 aliphatic rings. The highest BCUT2D eigenvalue weighted by Crippen LogP contribution is 2.61. The summed E-state index contributed by atoms with van der Waals surface area (Å²) in [5.74, 6) is 0.877. The van der Waals surface area contributed by atoms with Crippen molar-refractivity contribution in [2.24, 2.45) is 11.8 Å². The molecule has 0 unspecified atom stereocenters. The van der Waals surface area contributed by atoms with Crippen LogP contribution in [0.25, 0.3) is 0 Å². The van der Waals surface area contributed by atoms with Crippen molar-refractivity contribution in [2.75, 3.05) is 6.61 Å². The van der Waals surface area contributed by atoms with E-state index in [1.165, 1.54) is 0 Å². The second-order valence-electron chi connectivity index (χ2n) is 6.05. The molecule has 1 heterocycles. The molecule has 0 aromatic rings. The topological polar surface area (TPSA) is 49.7 Å². The van der Waals surface area contributed by atoms with E-state index in [-0.39, 0.29) is 6.10 Å². The van der Waals surface area contributed by atoms with E-state index in [1.807, 2.05) is 6.08 Å². The maximum Gasteiger partial charge on any atom is 0.102 e. The maximum absolute atomic E-state index is 10.9. The van der Waals surface area contributed by atoms with Crippen molar-refractivity contribution in [1.29, 1.82) is 0 Å². The van der Waals surface area contributed by atoms with Crippen molar-refractivity contribution >= 4 is 0 Å². The molecular formula is C14H22O3. The molecule has 3 heteroatoms. The molecule has 3 nitrogen and oxygen atoms in total. The maximum atomic E-state index is 10.9. The molecule has 1 aliphatic heterocycles. The van der Waals surface area contributed by atoms with Gasteiger partial charge in [-0.1, -0.05) is 6.08 Å². The zero-order valence-corrected chi connectivity index (χ0v) is 10.3. The summed E-state index contributed by atoms with van der Waals surface area (Å²) in [5, 5.41) is 20.8. The van der Waals surface area contributed by atoms with Crippen LogP contribution in [0, 0.1) is 11.8 Å². The van der Waals surface area contributed by atoms with Crippen molar-refractivity contribution in [2.45, 2.75) is 55.8 Å². The van der Waals surface area contributed by atoms with Gasteiger partial charge >= 0.3 is 0 Å². The molecule has 3 rings (SSSR count). The Morgan fingerprint density at radius 1 is 1.35 bits per heavy atom. The molecule has 0 aromatic heterocycles. The zero-order valence-electron chi connectivity index (χ0n) is 10.3. The number of hydrogen-bond acceptors (Lipinski definition) is 3. The van der Waals surface area contributed by atoms with Gasteiger partial charge in [-0.05, 0) is 37.5 Å². The molecule has 0 aromatic carbocycles. The number of hydrogen-bond donors (Lipinski definition) is 2. The van der Waals surface area contributed by atoms with Crippen LogP contribution in [0.5, 0.6) is 0 Å². The van der Waals surface area contributed by atoms with Crippen molar-refractivity contribution < 1.29 is 14.9 Å². The third-order valence-electron chi connectivity index (χ3n) is 5.25. The van der Waals surface area contributed by atoms with Crippen LogP contribution in [0.4, 0.5) is 0 Å². The fraction of sp³-hybridized carbons (Fsp3) is 0.857. The van der Waals surface area contributed by atoms with Gasteiger partial charge in [0.15, 0.2) is 0 Å². The van der Waals surface area contributed by atoms with E-state index in [4.69, 9.17) is 4.74 Å². The Morgan fingerprint density at radius 3 is 2.94 bits per heavy atom. The van der Waals surface area contributed by atoms with E-state index in [2.05, 4.69) is 6.58 Å². The molecule has 96 valence electrons. The second kappa shape index (κ2) is 3.81. The molecule has 3 fully saturated rings. The summed E-state index contributed by atoms with van der Waals surface area (Å²) in [6.07, 6.45) is 6.57. The molecule has 0 radical (unpaired) electrons. The molecule has 2 N–H and O–H groups in total. The Kier molecular flexibility index (Phi) is 2.62. The molecule has 0 bridgehead atoms. The Bertz CT molecular complexity index is 329. The largest absolute Gasteiger partial charge is 0.393 e. The average molecular weight is 238 g/mol. The first-order chi connectivity index (χ1) is 8.11. The summed E-state index contributed by atoms with van der Waals surface area (Å²) in [6.45, 7) is 4.46. The molecule has 1 spiro atoms. The van der Waals surface area contributed by atoms with E-state index >= 15 is 0 Å². The number of aliphatic hydroxyl groups is 2. The fourth-order valence-electron chi connectivity index (χ4n) is 4.59. The molecular weight excluding hydrogens is 216 g/mol. The second-order valence-corrected chi connectivity index (χ2v) is 6.05. The van der Waals surface area contributed by atoms with Crippen LogP contribution in [0.2, 0.25) is 0 Å². The van der Waals surface area contributed by atoms with Gasteiger partial charge in [-0.3, -0.25) is 0 Å². The van der Waals surface area contributed by atoms with Gasteiger partial charge in [0.25, 0.3) is 0 Å². The van der Waals surface area contributed by atoms with Gasteiger partial charge in [-0.15, -0.1) is 6.58 Å². The smallest absolute Gasteiger partial charge is 0.102 e. The third-order valence-corrected chi connectivity index (χ3v) is 5.25. The van der Waals surface area contributed by atoms with E-state index in [0.29, 0.717) is 24.9 Å². The predicted molar refractivity (Wildman–Crippen MR) is 64.5 cm³/mol. The molecule has 2 aliphatic carbocycles. The zero-order chi connectivity index (χ0) is 12.1. The number of aliphatic hydroxyl groups excluding tert-OH is 1. The summed E-state index contributed by atoms with van der Waals surface area (Å²) in [4.78, 5) is 0. The lowest BCUT2D eigenvalue weighted by Crippen LogP contribution is -2.54. The highest BCUT2D eigenvalue weighted by atomic mass is 16.5. The predicted octanol–water partition coefficient (Wildman–Crippen LogP) is 1.63. The van der Waals surface area contributed by atoms with Crippen molar-refractivity contribution in [3.8, 4) is 0 Å². The Morgan fingerprint density at radius 2 is 2.18 bits per heavy atom. The average Bonchev–Trinajstić information content (AvgIpc) is 2.66. The minimum atomic E-state index is -0.702. The number of allylic oxidation sites excluding steroid dienone is 1. The van der Waals surface area contributed by atoms with Crippen molar-refractivity contribution in [1.82, 2.24) is 0 Å². The van der Waals surface area contributed by atoms with Gasteiger partial charge in [-0.2, -0.15) is 0 Å². The quantitative estimate of drug-likeness (QED) is 0.719. The van der Waals surface area contributed by atoms with Crippen LogP contribution in [0.1, 0.15) is 38.5 Å². The summed E-state index contributed by atoms with van der Waals surface area (Å²) < 4.78 is 5.97. The fourth-order valence-corrected chi connectivity index (χ4v) is 4.59. The molecule has 2 saturated carbocycles. The van der Waals surface area contributed by atoms with Crippen molar-refractivity contribution in [3.63, 3.8) is 0 Å². The van der Waals surface area contributed by atoms with Crippen LogP contribution < -0.4 is 0 Å². The van der Waals surface area contributed by atoms with Crippen LogP contribution in [-0.2, 0) is 4.74 Å². The SMILES string of the molecule is C=CC[C@@H]1C[C@]2(O)CCO[C@@]23C[C@H](O)CC[C@H]13. The normalized spacial score (nSPS) is 53.2. The van der Waals surface area contributed by atoms with Crippen LogP contribution >= 0.6 is 0 Å². The van der Waals surface area contributed by atoms with E-state index in [1.54, 1.807) is 0 Å². The minimum Gasteiger partial charge on any atom is -0.393 e. The van der Waals surface area contributed by atoms with Gasteiger partial charge in [0, 0.05) is 12.8 Å². The summed E-state index contributed by atoms with van der Waals surface area (Å²) in [5.41, 5.74) is -1.16. The lowest BCUT2D eigenvalue weighted by Gasteiger charge is -2.45. The van der Waals surface area contributed by atoms with Crippen LogP contribution in [-0.4, -0.2) is 34.1 Å². The van der Waals surface area contributed by atoms with E-state index < -0.39 is 11.2 Å². The number of rotatable bonds is 2. The Hall–Kier alpha value is -0.380. The molecule has 17 heavy (non-hydrogen) atoms. The monoisotopic (exact) mass is 238 g/mol. The van der Waals surface area contributed by atoms with Gasteiger partial charge in [0.1, 0.15) is 5.60 Å². The first-order valence-corrected chi connectivity index (χ1v) is 6.77. The first kappa shape index (κ1) is 11.7. The number of ether oxygens (including phenoxy) is 1. The van der Waals surface area contributed by atoms with Gasteiger partial charge < -0.3 is 14.9 Å². The van der Waals surface area contributed by atoms with Gasteiger partial charge in [-0.25, -0.2) is 0 Å². The summed E-state index contributed by atoms with van der Waals surface area (Å²) in [6, 6.07) is 0. The van der Waals surface area contributed by atoms with Gasteiger partial charge in [0.2, 0.25) is 0 Å². The highest BCUT2D eigenvalue weighted by molar-refractivity contribution is 5.18. The van der Waals surface area contributed by atoms with Crippen LogP contribution in [0.3, 0.4) is 0 Å². The molecule has 1 saturated heterocycles. The first-order valence-electron chi connectivity index (χ1n) is 6.77. The summed E-state index contributed by atoms with van der Waals surface area (Å²) in [7, 11) is 0. The molecule has 0 amide bonds. The molecule has 5 atom stereocenters. The highest BCUT2D eigenvalue weighted by Gasteiger charge is 2.67.